The quantitative estimate of drug-likeness (QED) is 0.868. The number of carbonyl (C=O) groups is 2. The Balaban J connectivity index is 1.55. The lowest BCUT2D eigenvalue weighted by Crippen LogP contribution is -2.57. The average Bonchev–Trinajstić information content (AvgIpc) is 2.98. The first-order valence-electron chi connectivity index (χ1n) is 9.39. The predicted molar refractivity (Wildman–Crippen MR) is 99.9 cm³/mol. The summed E-state index contributed by atoms with van der Waals surface area (Å²) in [5, 5.41) is 6.07. The van der Waals surface area contributed by atoms with Crippen molar-refractivity contribution in [3.63, 3.8) is 0 Å². The number of aromatic nitrogens is 3. The molecule has 7 heteroatoms. The molecule has 2 N–H and O–H groups in total. The topological polar surface area (TPSA) is 96.9 Å². The second-order valence-electron chi connectivity index (χ2n) is 7.60. The van der Waals surface area contributed by atoms with E-state index in [0.29, 0.717) is 23.1 Å². The minimum absolute atomic E-state index is 0.0790. The van der Waals surface area contributed by atoms with E-state index in [4.69, 9.17) is 0 Å². The number of rotatable bonds is 4. The second-order valence-corrected chi connectivity index (χ2v) is 7.60. The summed E-state index contributed by atoms with van der Waals surface area (Å²) in [5.74, 6) is 0.482. The van der Waals surface area contributed by atoms with Gasteiger partial charge >= 0.3 is 0 Å². The van der Waals surface area contributed by atoms with Crippen LogP contribution in [0, 0.1) is 18.8 Å². The highest BCUT2D eigenvalue weighted by Crippen LogP contribution is 2.48. The maximum Gasteiger partial charge on any atom is 0.271 e. The number of nitrogens with zero attached hydrogens (tertiary/aromatic N) is 3. The van der Waals surface area contributed by atoms with E-state index in [0.717, 1.165) is 32.1 Å². The summed E-state index contributed by atoms with van der Waals surface area (Å²) in [6.07, 6.45) is 9.19. The fourth-order valence-corrected chi connectivity index (χ4v) is 4.52. The van der Waals surface area contributed by atoms with Crippen LogP contribution in [0.2, 0.25) is 0 Å². The van der Waals surface area contributed by atoms with Crippen LogP contribution in [-0.4, -0.2) is 32.3 Å². The van der Waals surface area contributed by atoms with Crippen molar-refractivity contribution in [3.05, 3.63) is 48.2 Å². The molecule has 3 unspecified atom stereocenters. The standard InChI is InChI=1S/C20H23N5O2/c1-13-11-21-12-16(23-13)19(27)25-20-8-7-14(10-20)5-6-15(20)18(26)24-17-4-2-3-9-22-17/h2-4,9,11-12,14-15H,5-8,10H2,1H3,(H,25,27)(H,22,24,26). The molecule has 0 aromatic carbocycles. The van der Waals surface area contributed by atoms with Gasteiger partial charge in [0.25, 0.3) is 5.91 Å². The van der Waals surface area contributed by atoms with E-state index in [2.05, 4.69) is 25.6 Å². The first-order chi connectivity index (χ1) is 13.1. The molecular formula is C20H23N5O2. The van der Waals surface area contributed by atoms with Gasteiger partial charge in [-0.2, -0.15) is 0 Å². The summed E-state index contributed by atoms with van der Waals surface area (Å²) in [6.45, 7) is 1.80. The van der Waals surface area contributed by atoms with Crippen LogP contribution in [-0.2, 0) is 4.79 Å². The number of carbonyl (C=O) groups excluding carboxylic acids is 2. The molecule has 2 bridgehead atoms. The minimum Gasteiger partial charge on any atom is -0.344 e. The molecule has 2 fully saturated rings. The normalized spacial score (nSPS) is 26.4. The van der Waals surface area contributed by atoms with Crippen LogP contribution in [0.15, 0.2) is 36.8 Å². The van der Waals surface area contributed by atoms with Crippen LogP contribution in [0.1, 0.15) is 48.3 Å². The number of anilines is 1. The van der Waals surface area contributed by atoms with Gasteiger partial charge in [0.15, 0.2) is 0 Å². The summed E-state index contributed by atoms with van der Waals surface area (Å²) in [6, 6.07) is 5.41. The lowest BCUT2D eigenvalue weighted by molar-refractivity contribution is -0.123. The highest BCUT2D eigenvalue weighted by molar-refractivity contribution is 5.96. The monoisotopic (exact) mass is 365 g/mol. The van der Waals surface area contributed by atoms with Crippen LogP contribution in [0.25, 0.3) is 0 Å². The highest BCUT2D eigenvalue weighted by atomic mass is 16.2. The third-order valence-corrected chi connectivity index (χ3v) is 5.77. The lowest BCUT2D eigenvalue weighted by atomic mass is 9.73. The fraction of sp³-hybridized carbons (Fsp3) is 0.450. The van der Waals surface area contributed by atoms with E-state index in [1.807, 2.05) is 12.1 Å². The van der Waals surface area contributed by atoms with E-state index in [9.17, 15) is 9.59 Å². The Bertz CT molecular complexity index is 856. The van der Waals surface area contributed by atoms with Gasteiger partial charge in [-0.3, -0.25) is 14.6 Å². The van der Waals surface area contributed by atoms with Crippen molar-refractivity contribution in [2.24, 2.45) is 11.8 Å². The number of nitrogens with one attached hydrogen (secondary N) is 2. The number of fused-ring (bicyclic) bond motifs is 2. The zero-order valence-corrected chi connectivity index (χ0v) is 15.3. The van der Waals surface area contributed by atoms with Gasteiger partial charge in [0.2, 0.25) is 5.91 Å². The molecule has 2 aliphatic rings. The molecule has 0 radical (unpaired) electrons. The van der Waals surface area contributed by atoms with Crippen LogP contribution in [0.3, 0.4) is 0 Å². The summed E-state index contributed by atoms with van der Waals surface area (Å²) in [5.41, 5.74) is 0.462. The highest BCUT2D eigenvalue weighted by Gasteiger charge is 2.52. The molecule has 140 valence electrons. The number of hydrogen-bond donors (Lipinski definition) is 2. The van der Waals surface area contributed by atoms with Gasteiger partial charge in [0.05, 0.1) is 23.3 Å². The molecule has 4 rings (SSSR count). The Morgan fingerprint density at radius 3 is 2.85 bits per heavy atom. The first kappa shape index (κ1) is 17.6. The SMILES string of the molecule is Cc1cncc(C(=O)NC23CCC(CCC2C(=O)Nc2ccccn2)C3)n1. The smallest absolute Gasteiger partial charge is 0.271 e. The zero-order valence-electron chi connectivity index (χ0n) is 15.3. The van der Waals surface area contributed by atoms with Gasteiger partial charge in [-0.1, -0.05) is 6.07 Å². The van der Waals surface area contributed by atoms with Crippen molar-refractivity contribution >= 4 is 17.6 Å². The summed E-state index contributed by atoms with van der Waals surface area (Å²) in [4.78, 5) is 38.3. The van der Waals surface area contributed by atoms with E-state index in [1.165, 1.54) is 6.20 Å². The average molecular weight is 365 g/mol. The fourth-order valence-electron chi connectivity index (χ4n) is 4.52. The third-order valence-electron chi connectivity index (χ3n) is 5.77. The molecule has 3 atom stereocenters. The minimum atomic E-state index is -0.524. The van der Waals surface area contributed by atoms with Crippen LogP contribution in [0.4, 0.5) is 5.82 Å². The number of aryl methyl sites for hydroxylation is 1. The van der Waals surface area contributed by atoms with E-state index < -0.39 is 5.54 Å². The van der Waals surface area contributed by atoms with Crippen molar-refractivity contribution in [3.8, 4) is 0 Å². The van der Waals surface area contributed by atoms with Gasteiger partial charge in [-0.05, 0) is 57.1 Å². The van der Waals surface area contributed by atoms with Crippen molar-refractivity contribution in [2.75, 3.05) is 5.32 Å². The Labute approximate surface area is 158 Å². The van der Waals surface area contributed by atoms with Crippen molar-refractivity contribution in [2.45, 2.75) is 44.6 Å². The maximum atomic E-state index is 13.0. The number of hydrogen-bond acceptors (Lipinski definition) is 5. The molecule has 0 spiro atoms. The van der Waals surface area contributed by atoms with Gasteiger partial charge in [0, 0.05) is 12.4 Å². The van der Waals surface area contributed by atoms with Crippen molar-refractivity contribution < 1.29 is 9.59 Å². The predicted octanol–water partition coefficient (Wildman–Crippen LogP) is 2.50. The van der Waals surface area contributed by atoms with Gasteiger partial charge < -0.3 is 10.6 Å². The molecule has 0 aliphatic heterocycles. The summed E-state index contributed by atoms with van der Waals surface area (Å²) < 4.78 is 0. The molecule has 2 aromatic heterocycles. The number of amides is 2. The van der Waals surface area contributed by atoms with Gasteiger partial charge in [-0.15, -0.1) is 0 Å². The summed E-state index contributed by atoms with van der Waals surface area (Å²) in [7, 11) is 0. The Morgan fingerprint density at radius 1 is 1.19 bits per heavy atom. The van der Waals surface area contributed by atoms with E-state index in [-0.39, 0.29) is 17.7 Å². The Hall–Kier alpha value is -2.83. The third kappa shape index (κ3) is 3.54. The van der Waals surface area contributed by atoms with Crippen molar-refractivity contribution in [1.29, 1.82) is 0 Å². The summed E-state index contributed by atoms with van der Waals surface area (Å²) >= 11 is 0. The lowest BCUT2D eigenvalue weighted by Gasteiger charge is -2.40. The molecule has 2 amide bonds. The molecule has 2 saturated carbocycles. The molecule has 7 nitrogen and oxygen atoms in total. The molecule has 0 saturated heterocycles. The van der Waals surface area contributed by atoms with Crippen LogP contribution in [0.5, 0.6) is 0 Å². The molecule has 2 aliphatic carbocycles. The van der Waals surface area contributed by atoms with Crippen LogP contribution >= 0.6 is 0 Å². The molecule has 2 heterocycles. The maximum absolute atomic E-state index is 13.0. The zero-order chi connectivity index (χ0) is 18.9. The van der Waals surface area contributed by atoms with Gasteiger partial charge in [0.1, 0.15) is 11.5 Å². The van der Waals surface area contributed by atoms with Crippen molar-refractivity contribution in [1.82, 2.24) is 20.3 Å². The Kier molecular flexibility index (Phi) is 4.59. The molecule has 27 heavy (non-hydrogen) atoms. The first-order valence-corrected chi connectivity index (χ1v) is 9.39. The molecular weight excluding hydrogens is 342 g/mol. The molecule has 2 aromatic rings. The number of pyridine rings is 1. The largest absolute Gasteiger partial charge is 0.344 e. The van der Waals surface area contributed by atoms with Crippen LogP contribution < -0.4 is 10.6 Å². The van der Waals surface area contributed by atoms with Gasteiger partial charge in [-0.25, -0.2) is 9.97 Å². The second kappa shape index (κ2) is 7.06. The van der Waals surface area contributed by atoms with E-state index in [1.54, 1.807) is 25.4 Å². The van der Waals surface area contributed by atoms with E-state index >= 15 is 0 Å². The Morgan fingerprint density at radius 2 is 2.07 bits per heavy atom.